The van der Waals surface area contributed by atoms with Gasteiger partial charge < -0.3 is 0 Å². The highest BCUT2D eigenvalue weighted by Crippen LogP contribution is 2.27. The number of allylic oxidation sites excluding steroid dienone is 2. The molecular weight excluding hydrogens is 252 g/mol. The molecule has 1 heterocycles. The fourth-order valence-corrected chi connectivity index (χ4v) is 1.85. The van der Waals surface area contributed by atoms with E-state index in [-0.39, 0.29) is 11.8 Å². The second-order valence-corrected chi connectivity index (χ2v) is 4.47. The van der Waals surface area contributed by atoms with E-state index in [0.717, 1.165) is 17.0 Å². The first-order valence-electron chi connectivity index (χ1n) is 4.48. The van der Waals surface area contributed by atoms with Crippen LogP contribution in [0.4, 0.5) is 8.78 Å². The van der Waals surface area contributed by atoms with Crippen LogP contribution in [0.25, 0.3) is 0 Å². The minimum absolute atomic E-state index is 0.196. The monoisotopic (exact) mass is 263 g/mol. The van der Waals surface area contributed by atoms with Gasteiger partial charge in [-0.15, -0.1) is 0 Å². The summed E-state index contributed by atoms with van der Waals surface area (Å²) in [5, 5.41) is 0. The van der Waals surface area contributed by atoms with Crippen LogP contribution in [0.5, 0.6) is 0 Å². The molecule has 0 radical (unpaired) electrons. The number of aliphatic imine (C=N–C) groups is 1. The Bertz CT molecular complexity index is 280. The lowest BCUT2D eigenvalue weighted by molar-refractivity contribution is 0.402. The lowest BCUT2D eigenvalue weighted by Crippen LogP contribution is -2.14. The highest BCUT2D eigenvalue weighted by molar-refractivity contribution is 9.11. The zero-order chi connectivity index (χ0) is 10.6. The molecule has 0 aromatic carbocycles. The molecule has 0 aromatic rings. The van der Waals surface area contributed by atoms with Crippen LogP contribution in [-0.2, 0) is 0 Å². The van der Waals surface area contributed by atoms with Gasteiger partial charge in [-0.1, -0.05) is 22.9 Å². The van der Waals surface area contributed by atoms with Gasteiger partial charge in [0.15, 0.2) is 0 Å². The molecule has 1 aliphatic heterocycles. The first-order chi connectivity index (χ1) is 6.59. The van der Waals surface area contributed by atoms with Gasteiger partial charge in [0, 0.05) is 22.8 Å². The molecule has 1 nitrogen and oxygen atoms in total. The number of hydrogen-bond acceptors (Lipinski definition) is 1. The van der Waals surface area contributed by atoms with Crippen molar-refractivity contribution in [3.8, 4) is 0 Å². The van der Waals surface area contributed by atoms with Crippen molar-refractivity contribution in [2.75, 3.05) is 0 Å². The lowest BCUT2D eigenvalue weighted by Gasteiger charge is -2.20. The van der Waals surface area contributed by atoms with E-state index in [0.29, 0.717) is 6.42 Å². The van der Waals surface area contributed by atoms with Crippen molar-refractivity contribution in [3.63, 3.8) is 0 Å². The summed E-state index contributed by atoms with van der Waals surface area (Å²) in [5.41, 5.74) is 0. The zero-order valence-electron chi connectivity index (χ0n) is 7.88. The summed E-state index contributed by atoms with van der Waals surface area (Å²) in [6, 6.07) is 0. The largest absolute Gasteiger partial charge is 0.268 e. The average Bonchev–Trinajstić information content (AvgIpc) is 2.14. The minimum Gasteiger partial charge on any atom is -0.268 e. The molecular formula is C10H12BrF2N. The second kappa shape index (κ2) is 5.39. The number of nitrogens with zero attached hydrogens (tertiary/aromatic N) is 1. The summed E-state index contributed by atoms with van der Waals surface area (Å²) in [5.74, 6) is 0.450. The van der Waals surface area contributed by atoms with E-state index >= 15 is 0 Å². The Morgan fingerprint density at radius 2 is 2.50 bits per heavy atom. The van der Waals surface area contributed by atoms with Gasteiger partial charge in [0.2, 0.25) is 0 Å². The lowest BCUT2D eigenvalue weighted by atomic mass is 9.88. The number of rotatable bonds is 3. The molecule has 0 saturated heterocycles. The second-order valence-electron chi connectivity index (χ2n) is 3.45. The van der Waals surface area contributed by atoms with E-state index in [1.54, 1.807) is 6.20 Å². The Morgan fingerprint density at radius 3 is 3.07 bits per heavy atom. The number of halogens is 3. The maximum atomic E-state index is 11.8. The summed E-state index contributed by atoms with van der Waals surface area (Å²) in [6.45, 7) is 1.96. The standard InChI is InChI=1S/C10H12BrF2N/c1-7(2-3-10(12)13)8-4-9(11)6-14-5-8/h3,5-8H,2,4H2,1H3. The molecule has 0 saturated carbocycles. The summed E-state index contributed by atoms with van der Waals surface area (Å²) >= 11 is 3.36. The van der Waals surface area contributed by atoms with Crippen LogP contribution in [-0.4, -0.2) is 6.21 Å². The van der Waals surface area contributed by atoms with E-state index in [2.05, 4.69) is 20.9 Å². The average molecular weight is 264 g/mol. The molecule has 4 heteroatoms. The molecule has 0 fully saturated rings. The predicted molar refractivity (Wildman–Crippen MR) is 57.7 cm³/mol. The Hall–Kier alpha value is -0.510. The molecule has 0 aliphatic carbocycles. The third-order valence-electron chi connectivity index (χ3n) is 2.30. The quantitative estimate of drug-likeness (QED) is 0.727. The predicted octanol–water partition coefficient (Wildman–Crippen LogP) is 4.12. The fourth-order valence-electron chi connectivity index (χ4n) is 1.36. The molecule has 1 aliphatic rings. The molecule has 0 aromatic heterocycles. The first kappa shape index (κ1) is 11.6. The maximum absolute atomic E-state index is 11.8. The molecule has 0 bridgehead atoms. The SMILES string of the molecule is CC(CC=C(F)F)C1C=NC=C(Br)C1. The van der Waals surface area contributed by atoms with Gasteiger partial charge in [-0.2, -0.15) is 8.78 Å². The van der Waals surface area contributed by atoms with Crippen molar-refractivity contribution in [1.29, 1.82) is 0 Å². The summed E-state index contributed by atoms with van der Waals surface area (Å²) in [7, 11) is 0. The van der Waals surface area contributed by atoms with Gasteiger partial charge in [0.05, 0.1) is 0 Å². The fraction of sp³-hybridized carbons (Fsp3) is 0.500. The van der Waals surface area contributed by atoms with Crippen LogP contribution < -0.4 is 0 Å². The van der Waals surface area contributed by atoms with E-state index in [1.165, 1.54) is 0 Å². The van der Waals surface area contributed by atoms with Crippen LogP contribution in [0.2, 0.25) is 0 Å². The summed E-state index contributed by atoms with van der Waals surface area (Å²) in [6.07, 6.45) is 4.21. The Balaban J connectivity index is 2.46. The molecule has 0 spiro atoms. The first-order valence-corrected chi connectivity index (χ1v) is 5.28. The topological polar surface area (TPSA) is 12.4 Å². The zero-order valence-corrected chi connectivity index (χ0v) is 9.47. The van der Waals surface area contributed by atoms with Gasteiger partial charge in [-0.25, -0.2) is 0 Å². The van der Waals surface area contributed by atoms with Crippen LogP contribution in [0.3, 0.4) is 0 Å². The molecule has 0 N–H and O–H groups in total. The van der Waals surface area contributed by atoms with Crippen molar-refractivity contribution >= 4 is 22.1 Å². The van der Waals surface area contributed by atoms with Gasteiger partial charge in [0.25, 0.3) is 6.08 Å². The smallest absolute Gasteiger partial charge is 0.266 e. The van der Waals surface area contributed by atoms with Crippen molar-refractivity contribution in [1.82, 2.24) is 0 Å². The van der Waals surface area contributed by atoms with Crippen LogP contribution in [0.15, 0.2) is 27.8 Å². The van der Waals surface area contributed by atoms with Crippen LogP contribution in [0.1, 0.15) is 19.8 Å². The maximum Gasteiger partial charge on any atom is 0.266 e. The summed E-state index contributed by atoms with van der Waals surface area (Å²) in [4.78, 5) is 4.05. The van der Waals surface area contributed by atoms with Crippen LogP contribution >= 0.6 is 15.9 Å². The third kappa shape index (κ3) is 3.70. The summed E-state index contributed by atoms with van der Waals surface area (Å²) < 4.78 is 24.7. The molecule has 0 amide bonds. The van der Waals surface area contributed by atoms with E-state index in [9.17, 15) is 8.78 Å². The highest BCUT2D eigenvalue weighted by Gasteiger charge is 2.17. The van der Waals surface area contributed by atoms with Gasteiger partial charge in [-0.05, 0) is 24.8 Å². The van der Waals surface area contributed by atoms with E-state index in [4.69, 9.17) is 0 Å². The van der Waals surface area contributed by atoms with E-state index in [1.807, 2.05) is 13.1 Å². The van der Waals surface area contributed by atoms with Crippen molar-refractivity contribution in [2.24, 2.45) is 16.8 Å². The Labute approximate surface area is 90.7 Å². The highest BCUT2D eigenvalue weighted by atomic mass is 79.9. The normalized spacial score (nSPS) is 22.9. The molecule has 78 valence electrons. The van der Waals surface area contributed by atoms with Crippen molar-refractivity contribution in [2.45, 2.75) is 19.8 Å². The third-order valence-corrected chi connectivity index (χ3v) is 2.83. The van der Waals surface area contributed by atoms with Crippen LogP contribution in [0, 0.1) is 11.8 Å². The van der Waals surface area contributed by atoms with Crippen molar-refractivity contribution in [3.05, 3.63) is 22.8 Å². The molecule has 14 heavy (non-hydrogen) atoms. The number of hydrogen-bond donors (Lipinski definition) is 0. The van der Waals surface area contributed by atoms with Gasteiger partial charge >= 0.3 is 0 Å². The molecule has 2 atom stereocenters. The Kier molecular flexibility index (Phi) is 4.45. The van der Waals surface area contributed by atoms with E-state index < -0.39 is 6.08 Å². The van der Waals surface area contributed by atoms with Crippen molar-refractivity contribution < 1.29 is 8.78 Å². The van der Waals surface area contributed by atoms with Gasteiger partial charge in [-0.3, -0.25) is 4.99 Å². The van der Waals surface area contributed by atoms with Gasteiger partial charge in [0.1, 0.15) is 0 Å². The molecule has 1 rings (SSSR count). The minimum atomic E-state index is -1.60. The Morgan fingerprint density at radius 1 is 1.79 bits per heavy atom. The molecule has 2 unspecified atom stereocenters.